The summed E-state index contributed by atoms with van der Waals surface area (Å²) in [7, 11) is 0. The summed E-state index contributed by atoms with van der Waals surface area (Å²) in [6.07, 6.45) is 0. The number of thiazole rings is 1. The second kappa shape index (κ2) is 9.17. The first-order chi connectivity index (χ1) is 13.4. The number of hydrogen-bond acceptors (Lipinski definition) is 4. The maximum absolute atomic E-state index is 13.3. The van der Waals surface area contributed by atoms with Gasteiger partial charge in [0, 0.05) is 10.9 Å². The monoisotopic (exact) mass is 506 g/mol. The summed E-state index contributed by atoms with van der Waals surface area (Å²) >= 11 is 16.9. The van der Waals surface area contributed by atoms with Gasteiger partial charge < -0.3 is 10.1 Å². The molecule has 1 aromatic heterocycles. The Labute approximate surface area is 181 Å². The van der Waals surface area contributed by atoms with E-state index in [1.165, 1.54) is 17.4 Å². The van der Waals surface area contributed by atoms with Gasteiger partial charge in [-0.25, -0.2) is 13.8 Å². The molecule has 1 amide bonds. The maximum Gasteiger partial charge on any atom is 0.236 e. The van der Waals surface area contributed by atoms with Crippen LogP contribution >= 0.6 is 50.5 Å². The Kier molecular flexibility index (Phi) is 6.87. The molecule has 1 N–H and O–H groups in total. The Morgan fingerprint density at radius 2 is 1.89 bits per heavy atom. The molecule has 28 heavy (non-hydrogen) atoms. The third kappa shape index (κ3) is 5.00. The number of aromatic nitrogens is 1. The van der Waals surface area contributed by atoms with Gasteiger partial charge >= 0.3 is 0 Å². The Morgan fingerprint density at radius 3 is 2.54 bits per heavy atom. The van der Waals surface area contributed by atoms with Gasteiger partial charge in [0.25, 0.3) is 0 Å². The van der Waals surface area contributed by atoms with Crippen molar-refractivity contribution in [2.45, 2.75) is 6.61 Å². The number of nitrogens with one attached hydrogen (secondary N) is 1. The van der Waals surface area contributed by atoms with E-state index in [4.69, 9.17) is 27.9 Å². The Hall–Kier alpha value is -1.74. The molecule has 0 aliphatic heterocycles. The Morgan fingerprint density at radius 1 is 1.18 bits per heavy atom. The molecule has 0 aliphatic carbocycles. The van der Waals surface area contributed by atoms with Crippen molar-refractivity contribution in [3.8, 4) is 17.0 Å². The highest BCUT2D eigenvalue weighted by atomic mass is 79.9. The largest absolute Gasteiger partial charge is 0.486 e. The first kappa shape index (κ1) is 21.0. The van der Waals surface area contributed by atoms with Crippen LogP contribution in [0.5, 0.6) is 5.75 Å². The molecule has 0 atom stereocenters. The number of hydrogen-bond donors (Lipinski definition) is 1. The quantitative estimate of drug-likeness (QED) is 0.398. The highest BCUT2D eigenvalue weighted by Gasteiger charge is 2.14. The lowest BCUT2D eigenvalue weighted by molar-refractivity contribution is -0.113. The van der Waals surface area contributed by atoms with Gasteiger partial charge in [0.05, 0.1) is 21.1 Å². The molecule has 3 rings (SSSR count). The minimum atomic E-state index is -0.958. The van der Waals surface area contributed by atoms with Crippen LogP contribution < -0.4 is 10.1 Å². The molecule has 4 nitrogen and oxygen atoms in total. The van der Waals surface area contributed by atoms with Crippen molar-refractivity contribution < 1.29 is 18.3 Å². The number of benzene rings is 2. The molecule has 146 valence electrons. The standard InChI is InChI=1S/C18H11BrCl2F2N2O2S/c19-6-16(26)25-18-24-15(8-28-18)10-4-11(20)17(12(21)5-10)27-7-9-1-2-13(22)14(23)3-9/h1-5,8H,6-7H2,(H,24,25,26). The lowest BCUT2D eigenvalue weighted by Gasteiger charge is -2.11. The topological polar surface area (TPSA) is 51.2 Å². The van der Waals surface area contributed by atoms with Crippen LogP contribution in [-0.4, -0.2) is 16.2 Å². The van der Waals surface area contributed by atoms with Crippen LogP contribution in [0.4, 0.5) is 13.9 Å². The van der Waals surface area contributed by atoms with Crippen LogP contribution in [0.15, 0.2) is 35.7 Å². The van der Waals surface area contributed by atoms with Crippen molar-refractivity contribution in [3.63, 3.8) is 0 Å². The van der Waals surface area contributed by atoms with E-state index in [1.807, 2.05) is 0 Å². The number of anilines is 1. The average Bonchev–Trinajstić information content (AvgIpc) is 3.12. The summed E-state index contributed by atoms with van der Waals surface area (Å²) in [4.78, 5) is 15.7. The van der Waals surface area contributed by atoms with Gasteiger partial charge in [-0.2, -0.15) is 0 Å². The Bertz CT molecular complexity index is 1010. The van der Waals surface area contributed by atoms with Gasteiger partial charge in [-0.05, 0) is 29.8 Å². The lowest BCUT2D eigenvalue weighted by atomic mass is 10.1. The zero-order valence-corrected chi connectivity index (χ0v) is 17.9. The van der Waals surface area contributed by atoms with E-state index in [0.29, 0.717) is 22.0 Å². The molecule has 10 heteroatoms. The molecule has 0 spiro atoms. The van der Waals surface area contributed by atoms with Crippen molar-refractivity contribution in [1.29, 1.82) is 0 Å². The molecule has 0 saturated carbocycles. The van der Waals surface area contributed by atoms with E-state index in [2.05, 4.69) is 26.2 Å². The number of ether oxygens (including phenoxy) is 1. The SMILES string of the molecule is O=C(CBr)Nc1nc(-c2cc(Cl)c(OCc3ccc(F)c(F)c3)c(Cl)c2)cs1. The van der Waals surface area contributed by atoms with E-state index in [9.17, 15) is 13.6 Å². The van der Waals surface area contributed by atoms with Crippen LogP contribution in [-0.2, 0) is 11.4 Å². The number of carbonyl (C=O) groups is 1. The van der Waals surface area contributed by atoms with Crippen molar-refractivity contribution in [2.24, 2.45) is 0 Å². The second-order valence-corrected chi connectivity index (χ2v) is 7.76. The number of amides is 1. The number of halogens is 5. The predicted octanol–water partition coefficient (Wildman–Crippen LogP) is 6.31. The van der Waals surface area contributed by atoms with E-state index in [0.717, 1.165) is 12.1 Å². The van der Waals surface area contributed by atoms with E-state index in [-0.39, 0.29) is 33.6 Å². The molecule has 0 unspecified atom stereocenters. The molecule has 0 aliphatic rings. The first-order valence-electron chi connectivity index (χ1n) is 7.75. The summed E-state index contributed by atoms with van der Waals surface area (Å²) in [5.74, 6) is -1.88. The maximum atomic E-state index is 13.3. The van der Waals surface area contributed by atoms with Crippen molar-refractivity contribution in [2.75, 3.05) is 10.6 Å². The minimum Gasteiger partial charge on any atom is -0.486 e. The fourth-order valence-electron chi connectivity index (χ4n) is 2.25. The van der Waals surface area contributed by atoms with Gasteiger partial charge in [-0.15, -0.1) is 11.3 Å². The Balaban J connectivity index is 1.77. The minimum absolute atomic E-state index is 0.0323. The molecular weight excluding hydrogens is 497 g/mol. The molecule has 0 saturated heterocycles. The van der Waals surface area contributed by atoms with Crippen molar-refractivity contribution in [3.05, 3.63) is 63.0 Å². The highest BCUT2D eigenvalue weighted by Crippen LogP contribution is 2.38. The third-order valence-corrected chi connectivity index (χ3v) is 5.36. The fraction of sp³-hybridized carbons (Fsp3) is 0.111. The van der Waals surface area contributed by atoms with Crippen LogP contribution in [0, 0.1) is 11.6 Å². The fourth-order valence-corrected chi connectivity index (χ4v) is 3.72. The molecule has 0 fully saturated rings. The van der Waals surface area contributed by atoms with Gasteiger partial charge in [-0.1, -0.05) is 45.2 Å². The van der Waals surface area contributed by atoms with E-state index < -0.39 is 11.6 Å². The first-order valence-corrected chi connectivity index (χ1v) is 10.5. The zero-order valence-electron chi connectivity index (χ0n) is 13.9. The summed E-state index contributed by atoms with van der Waals surface area (Å²) in [6, 6.07) is 6.73. The highest BCUT2D eigenvalue weighted by molar-refractivity contribution is 9.09. The molecule has 0 radical (unpaired) electrons. The van der Waals surface area contributed by atoms with Gasteiger partial charge in [-0.3, -0.25) is 4.79 Å². The number of rotatable bonds is 6. The molecule has 0 bridgehead atoms. The van der Waals surface area contributed by atoms with Crippen LogP contribution in [0.1, 0.15) is 5.56 Å². The van der Waals surface area contributed by atoms with Crippen LogP contribution in [0.3, 0.4) is 0 Å². The van der Waals surface area contributed by atoms with E-state index in [1.54, 1.807) is 17.5 Å². The number of alkyl halides is 1. The molecular formula is C18H11BrCl2F2N2O2S. The van der Waals surface area contributed by atoms with Gasteiger partial charge in [0.1, 0.15) is 6.61 Å². The smallest absolute Gasteiger partial charge is 0.236 e. The second-order valence-electron chi connectivity index (χ2n) is 5.53. The molecule has 2 aromatic carbocycles. The number of nitrogens with zero attached hydrogens (tertiary/aromatic N) is 1. The van der Waals surface area contributed by atoms with Crippen LogP contribution in [0.25, 0.3) is 11.3 Å². The summed E-state index contributed by atoms with van der Waals surface area (Å²) < 4.78 is 31.9. The third-order valence-electron chi connectivity index (χ3n) is 3.53. The molecule has 3 aromatic rings. The summed E-state index contributed by atoms with van der Waals surface area (Å²) in [5.41, 5.74) is 1.67. The van der Waals surface area contributed by atoms with Gasteiger partial charge in [0.15, 0.2) is 22.5 Å². The zero-order chi connectivity index (χ0) is 20.3. The molecule has 1 heterocycles. The summed E-state index contributed by atoms with van der Waals surface area (Å²) in [5, 5.41) is 5.50. The van der Waals surface area contributed by atoms with Crippen LogP contribution in [0.2, 0.25) is 10.0 Å². The number of carbonyl (C=O) groups excluding carboxylic acids is 1. The summed E-state index contributed by atoms with van der Waals surface area (Å²) in [6.45, 7) is -0.0323. The normalized spacial score (nSPS) is 10.8. The van der Waals surface area contributed by atoms with E-state index >= 15 is 0 Å². The predicted molar refractivity (Wildman–Crippen MR) is 111 cm³/mol. The van der Waals surface area contributed by atoms with Crippen molar-refractivity contribution in [1.82, 2.24) is 4.98 Å². The lowest BCUT2D eigenvalue weighted by Crippen LogP contribution is -2.11. The van der Waals surface area contributed by atoms with Gasteiger partial charge in [0.2, 0.25) is 5.91 Å². The van der Waals surface area contributed by atoms with Crippen molar-refractivity contribution >= 4 is 61.5 Å². The average molecular weight is 508 g/mol.